The molecule has 0 spiro atoms. The summed E-state index contributed by atoms with van der Waals surface area (Å²) in [5.74, 6) is -0.233. The normalized spacial score (nSPS) is 15.3. The summed E-state index contributed by atoms with van der Waals surface area (Å²) in [6, 6.07) is 20.8. The number of carbonyl (C=O) groups is 1. The van der Waals surface area contributed by atoms with Crippen LogP contribution in [-0.4, -0.2) is 26.6 Å². The molecule has 4 rings (SSSR count). The van der Waals surface area contributed by atoms with Crippen LogP contribution >= 0.6 is 0 Å². The second-order valence-electron chi connectivity index (χ2n) is 8.24. The van der Waals surface area contributed by atoms with Crippen molar-refractivity contribution in [3.63, 3.8) is 0 Å². The average molecular weight is 450 g/mol. The molecular weight excluding hydrogens is 422 g/mol. The third-order valence-electron chi connectivity index (χ3n) is 5.76. The van der Waals surface area contributed by atoms with Gasteiger partial charge in [-0.15, -0.1) is 0 Å². The van der Waals surface area contributed by atoms with E-state index in [1.165, 1.54) is 21.7 Å². The number of para-hydroxylation sites is 2. The first-order valence-electron chi connectivity index (χ1n) is 10.5. The molecule has 0 bridgehead atoms. The van der Waals surface area contributed by atoms with Gasteiger partial charge in [0.25, 0.3) is 5.91 Å². The maximum absolute atomic E-state index is 13.0. The van der Waals surface area contributed by atoms with Crippen LogP contribution in [0.3, 0.4) is 0 Å². The predicted octanol–water partition coefficient (Wildman–Crippen LogP) is 4.57. The number of anilines is 3. The summed E-state index contributed by atoms with van der Waals surface area (Å²) in [5, 5.41) is 6.40. The molecule has 0 fully saturated rings. The van der Waals surface area contributed by atoms with E-state index in [1.54, 1.807) is 18.2 Å². The van der Waals surface area contributed by atoms with Gasteiger partial charge < -0.3 is 10.6 Å². The maximum Gasteiger partial charge on any atom is 0.255 e. The molecule has 166 valence electrons. The Morgan fingerprint density at radius 1 is 1.03 bits per heavy atom. The Bertz CT molecular complexity index is 1270. The first-order chi connectivity index (χ1) is 15.2. The molecule has 0 aliphatic carbocycles. The van der Waals surface area contributed by atoms with E-state index >= 15 is 0 Å². The van der Waals surface area contributed by atoms with E-state index in [9.17, 15) is 13.2 Å². The van der Waals surface area contributed by atoms with E-state index in [-0.39, 0.29) is 11.9 Å². The van der Waals surface area contributed by atoms with Crippen LogP contribution in [0.15, 0.2) is 66.7 Å². The Labute approximate surface area is 189 Å². The minimum atomic E-state index is -3.36. The van der Waals surface area contributed by atoms with Crippen LogP contribution in [0.25, 0.3) is 0 Å². The van der Waals surface area contributed by atoms with Gasteiger partial charge in [-0.1, -0.05) is 36.4 Å². The number of nitrogens with one attached hydrogen (secondary N) is 2. The van der Waals surface area contributed by atoms with Crippen molar-refractivity contribution in [2.45, 2.75) is 32.9 Å². The fourth-order valence-corrected chi connectivity index (χ4v) is 5.45. The topological polar surface area (TPSA) is 78.5 Å². The molecule has 1 atom stereocenters. The molecule has 7 heteroatoms. The number of benzene rings is 3. The molecule has 0 radical (unpaired) electrons. The zero-order valence-corrected chi connectivity index (χ0v) is 19.2. The van der Waals surface area contributed by atoms with Crippen LogP contribution in [-0.2, 0) is 23.0 Å². The summed E-state index contributed by atoms with van der Waals surface area (Å²) in [4.78, 5) is 13.0. The maximum atomic E-state index is 13.0. The smallest absolute Gasteiger partial charge is 0.255 e. The Hall–Kier alpha value is -3.32. The molecule has 1 unspecified atom stereocenters. The fraction of sp³-hybridized carbons (Fsp3) is 0.240. The zero-order chi connectivity index (χ0) is 22.9. The standard InChI is InChI=1S/C25H27N3O3S/c1-17-8-4-5-9-20(17)16-26-22-10-6-7-11-23(22)27-25(29)19-12-13-24-21(15-19)14-18(2)28(24)32(3,30)31/h4-13,15,18,26H,14,16H2,1-3H3,(H,27,29). The lowest BCUT2D eigenvalue weighted by Gasteiger charge is -2.22. The Balaban J connectivity index is 1.52. The summed E-state index contributed by atoms with van der Waals surface area (Å²) in [5.41, 5.74) is 5.94. The van der Waals surface area contributed by atoms with Crippen molar-refractivity contribution >= 4 is 33.0 Å². The largest absolute Gasteiger partial charge is 0.379 e. The van der Waals surface area contributed by atoms with E-state index in [4.69, 9.17) is 0 Å². The van der Waals surface area contributed by atoms with Crippen LogP contribution in [0.2, 0.25) is 0 Å². The molecule has 3 aromatic carbocycles. The summed E-state index contributed by atoms with van der Waals surface area (Å²) >= 11 is 0. The van der Waals surface area contributed by atoms with Crippen molar-refractivity contribution in [3.8, 4) is 0 Å². The van der Waals surface area contributed by atoms with E-state index in [2.05, 4.69) is 29.7 Å². The van der Waals surface area contributed by atoms with Gasteiger partial charge in [-0.2, -0.15) is 0 Å². The van der Waals surface area contributed by atoms with E-state index < -0.39 is 10.0 Å². The number of fused-ring (bicyclic) bond motifs is 1. The number of nitrogens with zero attached hydrogens (tertiary/aromatic N) is 1. The molecular formula is C25H27N3O3S. The number of aryl methyl sites for hydroxylation is 1. The molecule has 1 amide bonds. The minimum Gasteiger partial charge on any atom is -0.379 e. The average Bonchev–Trinajstić information content (AvgIpc) is 3.09. The molecule has 1 aliphatic heterocycles. The monoisotopic (exact) mass is 449 g/mol. The molecule has 3 aromatic rings. The molecule has 1 heterocycles. The molecule has 2 N–H and O–H groups in total. The molecule has 32 heavy (non-hydrogen) atoms. The molecule has 6 nitrogen and oxygen atoms in total. The number of rotatable bonds is 6. The number of hydrogen-bond acceptors (Lipinski definition) is 4. The van der Waals surface area contributed by atoms with Crippen molar-refractivity contribution in [2.75, 3.05) is 21.2 Å². The van der Waals surface area contributed by atoms with Crippen molar-refractivity contribution in [3.05, 3.63) is 89.0 Å². The quantitative estimate of drug-likeness (QED) is 0.578. The van der Waals surface area contributed by atoms with Gasteiger partial charge in [0.15, 0.2) is 0 Å². The van der Waals surface area contributed by atoms with E-state index in [0.717, 1.165) is 11.3 Å². The molecule has 1 aliphatic rings. The number of sulfonamides is 1. The van der Waals surface area contributed by atoms with Crippen molar-refractivity contribution < 1.29 is 13.2 Å². The lowest BCUT2D eigenvalue weighted by molar-refractivity contribution is 0.102. The Morgan fingerprint density at radius 3 is 2.44 bits per heavy atom. The Morgan fingerprint density at radius 2 is 1.72 bits per heavy atom. The lowest BCUT2D eigenvalue weighted by Crippen LogP contribution is -2.34. The summed E-state index contributed by atoms with van der Waals surface area (Å²) in [6.45, 7) is 4.60. The van der Waals surface area contributed by atoms with Gasteiger partial charge in [0.05, 0.1) is 23.3 Å². The highest BCUT2D eigenvalue weighted by atomic mass is 32.2. The number of amides is 1. The number of hydrogen-bond donors (Lipinski definition) is 2. The minimum absolute atomic E-state index is 0.162. The van der Waals surface area contributed by atoms with Crippen LogP contribution in [0.5, 0.6) is 0 Å². The van der Waals surface area contributed by atoms with Gasteiger partial charge in [0.1, 0.15) is 0 Å². The summed E-state index contributed by atoms with van der Waals surface area (Å²) < 4.78 is 25.7. The summed E-state index contributed by atoms with van der Waals surface area (Å²) in [7, 11) is -3.36. The first kappa shape index (κ1) is 21.9. The van der Waals surface area contributed by atoms with Crippen LogP contribution in [0, 0.1) is 6.92 Å². The second-order valence-corrected chi connectivity index (χ2v) is 10.1. The predicted molar refractivity (Wildman–Crippen MR) is 130 cm³/mol. The third-order valence-corrected chi connectivity index (χ3v) is 7.03. The third kappa shape index (κ3) is 4.48. The molecule has 0 saturated carbocycles. The van der Waals surface area contributed by atoms with Crippen LogP contribution in [0.4, 0.5) is 17.1 Å². The zero-order valence-electron chi connectivity index (χ0n) is 18.4. The van der Waals surface area contributed by atoms with Crippen molar-refractivity contribution in [2.24, 2.45) is 0 Å². The van der Waals surface area contributed by atoms with Gasteiger partial charge >= 0.3 is 0 Å². The van der Waals surface area contributed by atoms with Crippen molar-refractivity contribution in [1.82, 2.24) is 0 Å². The van der Waals surface area contributed by atoms with Crippen molar-refractivity contribution in [1.29, 1.82) is 0 Å². The van der Waals surface area contributed by atoms with E-state index in [0.29, 0.717) is 29.9 Å². The summed E-state index contributed by atoms with van der Waals surface area (Å²) in [6.07, 6.45) is 1.79. The first-order valence-corrected chi connectivity index (χ1v) is 12.4. The Kier molecular flexibility index (Phi) is 5.93. The van der Waals surface area contributed by atoms with Gasteiger partial charge in [-0.05, 0) is 67.3 Å². The van der Waals surface area contributed by atoms with Gasteiger partial charge in [-0.25, -0.2) is 8.42 Å². The lowest BCUT2D eigenvalue weighted by atomic mass is 10.1. The van der Waals surface area contributed by atoms with Crippen LogP contribution < -0.4 is 14.9 Å². The van der Waals surface area contributed by atoms with Crippen LogP contribution in [0.1, 0.15) is 34.0 Å². The van der Waals surface area contributed by atoms with Gasteiger partial charge in [-0.3, -0.25) is 9.10 Å². The highest BCUT2D eigenvalue weighted by molar-refractivity contribution is 7.92. The second kappa shape index (κ2) is 8.67. The highest BCUT2D eigenvalue weighted by Gasteiger charge is 2.32. The number of carbonyl (C=O) groups excluding carboxylic acids is 1. The highest BCUT2D eigenvalue weighted by Crippen LogP contribution is 2.35. The molecule has 0 aromatic heterocycles. The van der Waals surface area contributed by atoms with Gasteiger partial charge in [0.2, 0.25) is 10.0 Å². The SMILES string of the molecule is Cc1ccccc1CNc1ccccc1NC(=O)c1ccc2c(c1)CC(C)N2S(C)(=O)=O. The fourth-order valence-electron chi connectivity index (χ4n) is 4.19. The van der Waals surface area contributed by atoms with E-state index in [1.807, 2.05) is 43.3 Å². The molecule has 0 saturated heterocycles. The van der Waals surface area contributed by atoms with Gasteiger partial charge in [0, 0.05) is 18.2 Å².